The van der Waals surface area contributed by atoms with Gasteiger partial charge in [0.25, 0.3) is 0 Å². The molecule has 0 unspecified atom stereocenters. The summed E-state index contributed by atoms with van der Waals surface area (Å²) in [6, 6.07) is 12.0. The monoisotopic (exact) mass is 391 g/mol. The van der Waals surface area contributed by atoms with Crippen molar-refractivity contribution in [3.05, 3.63) is 64.9 Å². The average molecular weight is 391 g/mol. The van der Waals surface area contributed by atoms with E-state index in [1.807, 2.05) is 17.0 Å². The number of hydrogen-bond donors (Lipinski definition) is 0. The zero-order chi connectivity index (χ0) is 19.0. The van der Waals surface area contributed by atoms with Gasteiger partial charge >= 0.3 is 5.76 Å². The molecule has 4 rings (SSSR count). The number of fused-ring (bicyclic) bond motifs is 1. The highest BCUT2D eigenvalue weighted by atomic mass is 32.2. The predicted octanol–water partition coefficient (Wildman–Crippen LogP) is 1.70. The van der Waals surface area contributed by atoms with Crippen LogP contribution >= 0.6 is 0 Å². The molecule has 1 saturated heterocycles. The number of benzene rings is 2. The molecule has 2 aromatic carbocycles. The molecule has 3 aromatic rings. The number of rotatable bonds is 4. The molecule has 0 saturated carbocycles. The standard InChI is InChI=1S/C18H18FN3O4S/c19-14-5-7-15(8-6-14)27(24,25)21-11-9-20(10-12-21)13-22-16-3-1-2-4-17(16)26-18(22)23/h1-8H,9-13H2. The Morgan fingerprint density at radius 2 is 1.63 bits per heavy atom. The van der Waals surface area contributed by atoms with Crippen molar-refractivity contribution in [3.63, 3.8) is 0 Å². The van der Waals surface area contributed by atoms with Crippen LogP contribution in [-0.2, 0) is 16.7 Å². The van der Waals surface area contributed by atoms with Crippen LogP contribution in [0.2, 0.25) is 0 Å². The van der Waals surface area contributed by atoms with Gasteiger partial charge in [0, 0.05) is 26.2 Å². The van der Waals surface area contributed by atoms with E-state index in [1.165, 1.54) is 16.4 Å². The Bertz CT molecular complexity index is 1110. The molecule has 0 atom stereocenters. The lowest BCUT2D eigenvalue weighted by Gasteiger charge is -2.33. The third-order valence-corrected chi connectivity index (χ3v) is 6.61. The maximum atomic E-state index is 13.0. The molecule has 1 aromatic heterocycles. The minimum Gasteiger partial charge on any atom is -0.408 e. The van der Waals surface area contributed by atoms with E-state index in [2.05, 4.69) is 0 Å². The van der Waals surface area contributed by atoms with Crippen molar-refractivity contribution in [1.82, 2.24) is 13.8 Å². The first-order valence-corrected chi connectivity index (χ1v) is 9.95. The smallest absolute Gasteiger partial charge is 0.408 e. The molecule has 0 aliphatic carbocycles. The van der Waals surface area contributed by atoms with Crippen molar-refractivity contribution < 1.29 is 17.2 Å². The van der Waals surface area contributed by atoms with Crippen LogP contribution in [0, 0.1) is 5.82 Å². The van der Waals surface area contributed by atoms with Crippen molar-refractivity contribution in [1.29, 1.82) is 0 Å². The van der Waals surface area contributed by atoms with Gasteiger partial charge in [0.2, 0.25) is 10.0 Å². The molecule has 0 N–H and O–H groups in total. The van der Waals surface area contributed by atoms with Crippen LogP contribution in [0.5, 0.6) is 0 Å². The summed E-state index contributed by atoms with van der Waals surface area (Å²) < 4.78 is 46.5. The van der Waals surface area contributed by atoms with Crippen LogP contribution < -0.4 is 5.76 Å². The SMILES string of the molecule is O=c1oc2ccccc2n1CN1CCN(S(=O)(=O)c2ccc(F)cc2)CC1. The van der Waals surface area contributed by atoms with Gasteiger partial charge in [-0.1, -0.05) is 12.1 Å². The number of halogens is 1. The summed E-state index contributed by atoms with van der Waals surface area (Å²) in [6.45, 7) is 1.88. The first-order chi connectivity index (χ1) is 12.9. The van der Waals surface area contributed by atoms with Gasteiger partial charge in [-0.15, -0.1) is 0 Å². The van der Waals surface area contributed by atoms with Gasteiger partial charge in [0.1, 0.15) is 5.82 Å². The normalized spacial score (nSPS) is 16.8. The molecule has 9 heteroatoms. The summed E-state index contributed by atoms with van der Waals surface area (Å²) in [7, 11) is -3.65. The quantitative estimate of drug-likeness (QED) is 0.677. The molecule has 0 radical (unpaired) electrons. The Kier molecular flexibility index (Phi) is 4.58. The lowest BCUT2D eigenvalue weighted by Crippen LogP contribution is -2.49. The van der Waals surface area contributed by atoms with E-state index in [-0.39, 0.29) is 4.90 Å². The van der Waals surface area contributed by atoms with Crippen molar-refractivity contribution >= 4 is 21.1 Å². The molecule has 1 aliphatic heterocycles. The number of nitrogens with zero attached hydrogens (tertiary/aromatic N) is 3. The number of hydrogen-bond acceptors (Lipinski definition) is 5. The number of para-hydroxylation sites is 2. The molecule has 0 spiro atoms. The van der Waals surface area contributed by atoms with Crippen LogP contribution in [0.3, 0.4) is 0 Å². The van der Waals surface area contributed by atoms with E-state index in [4.69, 9.17) is 4.42 Å². The lowest BCUT2D eigenvalue weighted by molar-refractivity contribution is 0.150. The summed E-state index contributed by atoms with van der Waals surface area (Å²) in [5, 5.41) is 0. The second-order valence-electron chi connectivity index (χ2n) is 6.38. The van der Waals surface area contributed by atoms with E-state index in [0.29, 0.717) is 43.9 Å². The first kappa shape index (κ1) is 17.9. The third-order valence-electron chi connectivity index (χ3n) is 4.70. The third kappa shape index (κ3) is 3.41. The summed E-state index contributed by atoms with van der Waals surface area (Å²) in [6.07, 6.45) is 0. The number of aromatic nitrogens is 1. The predicted molar refractivity (Wildman–Crippen MR) is 97.2 cm³/mol. The van der Waals surface area contributed by atoms with Crippen molar-refractivity contribution in [2.45, 2.75) is 11.6 Å². The van der Waals surface area contributed by atoms with Crippen LogP contribution in [0.1, 0.15) is 0 Å². The first-order valence-electron chi connectivity index (χ1n) is 8.51. The van der Waals surface area contributed by atoms with Crippen molar-refractivity contribution in [3.8, 4) is 0 Å². The zero-order valence-electron chi connectivity index (χ0n) is 14.4. The molecule has 1 aliphatic rings. The van der Waals surface area contributed by atoms with E-state index in [0.717, 1.165) is 12.1 Å². The number of sulfonamides is 1. The average Bonchev–Trinajstić information content (AvgIpc) is 2.98. The Labute approximate surface area is 155 Å². The fraction of sp³-hybridized carbons (Fsp3) is 0.278. The summed E-state index contributed by atoms with van der Waals surface area (Å²) in [5.41, 5.74) is 1.24. The van der Waals surface area contributed by atoms with Crippen LogP contribution in [-0.4, -0.2) is 48.4 Å². The van der Waals surface area contributed by atoms with Gasteiger partial charge in [-0.3, -0.25) is 9.47 Å². The fourth-order valence-electron chi connectivity index (χ4n) is 3.21. The Hall–Kier alpha value is -2.49. The summed E-state index contributed by atoms with van der Waals surface area (Å²) in [5.74, 6) is -0.908. The Morgan fingerprint density at radius 1 is 0.963 bits per heavy atom. The second kappa shape index (κ2) is 6.91. The summed E-state index contributed by atoms with van der Waals surface area (Å²) >= 11 is 0. The van der Waals surface area contributed by atoms with Crippen LogP contribution in [0.4, 0.5) is 4.39 Å². The topological polar surface area (TPSA) is 75.8 Å². The lowest BCUT2D eigenvalue weighted by atomic mass is 10.3. The molecular weight excluding hydrogens is 373 g/mol. The second-order valence-corrected chi connectivity index (χ2v) is 8.32. The van der Waals surface area contributed by atoms with Crippen molar-refractivity contribution in [2.24, 2.45) is 0 Å². The van der Waals surface area contributed by atoms with Gasteiger partial charge in [0.15, 0.2) is 5.58 Å². The highest BCUT2D eigenvalue weighted by Crippen LogP contribution is 2.19. The molecular formula is C18H18FN3O4S. The molecule has 1 fully saturated rings. The highest BCUT2D eigenvalue weighted by Gasteiger charge is 2.29. The Balaban J connectivity index is 1.46. The van der Waals surface area contributed by atoms with Gasteiger partial charge in [-0.2, -0.15) is 4.31 Å². The molecule has 27 heavy (non-hydrogen) atoms. The van der Waals surface area contributed by atoms with E-state index in [1.54, 1.807) is 16.7 Å². The van der Waals surface area contributed by atoms with E-state index < -0.39 is 21.6 Å². The van der Waals surface area contributed by atoms with Gasteiger partial charge in [-0.25, -0.2) is 17.6 Å². The highest BCUT2D eigenvalue weighted by molar-refractivity contribution is 7.89. The fourth-order valence-corrected chi connectivity index (χ4v) is 4.64. The maximum absolute atomic E-state index is 13.0. The molecule has 0 amide bonds. The van der Waals surface area contributed by atoms with Gasteiger partial charge < -0.3 is 4.42 Å². The number of oxazole rings is 1. The van der Waals surface area contributed by atoms with Crippen molar-refractivity contribution in [2.75, 3.05) is 26.2 Å². The maximum Gasteiger partial charge on any atom is 0.421 e. The molecule has 142 valence electrons. The molecule has 0 bridgehead atoms. The molecule has 2 heterocycles. The van der Waals surface area contributed by atoms with E-state index in [9.17, 15) is 17.6 Å². The Morgan fingerprint density at radius 3 is 2.33 bits per heavy atom. The minimum absolute atomic E-state index is 0.0781. The van der Waals surface area contributed by atoms with Gasteiger partial charge in [-0.05, 0) is 36.4 Å². The van der Waals surface area contributed by atoms with Crippen LogP contribution in [0.15, 0.2) is 62.6 Å². The number of piperazine rings is 1. The van der Waals surface area contributed by atoms with E-state index >= 15 is 0 Å². The zero-order valence-corrected chi connectivity index (χ0v) is 15.2. The van der Waals surface area contributed by atoms with Gasteiger partial charge in [0.05, 0.1) is 17.1 Å². The largest absolute Gasteiger partial charge is 0.421 e. The van der Waals surface area contributed by atoms with Crippen LogP contribution in [0.25, 0.3) is 11.1 Å². The molecule has 7 nitrogen and oxygen atoms in total. The summed E-state index contributed by atoms with van der Waals surface area (Å²) in [4.78, 5) is 14.2. The minimum atomic E-state index is -3.65.